The minimum absolute atomic E-state index is 0.114. The quantitative estimate of drug-likeness (QED) is 0.784. The van der Waals surface area contributed by atoms with Gasteiger partial charge in [-0.15, -0.1) is 0 Å². The van der Waals surface area contributed by atoms with E-state index in [1.807, 2.05) is 9.47 Å². The van der Waals surface area contributed by atoms with E-state index in [4.69, 9.17) is 11.6 Å². The summed E-state index contributed by atoms with van der Waals surface area (Å²) in [6.07, 6.45) is 4.10. The molecule has 24 heavy (non-hydrogen) atoms. The molecule has 5 nitrogen and oxygen atoms in total. The largest absolute Gasteiger partial charge is 0.348 e. The summed E-state index contributed by atoms with van der Waals surface area (Å²) >= 11 is 6.06. The normalized spacial score (nSPS) is 16.8. The van der Waals surface area contributed by atoms with E-state index >= 15 is 0 Å². The Hall–Kier alpha value is -2.21. The van der Waals surface area contributed by atoms with Crippen LogP contribution >= 0.6 is 11.6 Å². The number of ketones is 1. The average molecular weight is 348 g/mol. The smallest absolute Gasteiger partial charge is 0.167 e. The highest BCUT2D eigenvalue weighted by Gasteiger charge is 2.33. The maximum atomic E-state index is 14.8. The second-order valence-electron chi connectivity index (χ2n) is 6.08. The van der Waals surface area contributed by atoms with Crippen LogP contribution in [0, 0.1) is 5.82 Å². The Kier molecular flexibility index (Phi) is 3.64. The van der Waals surface area contributed by atoms with Crippen LogP contribution in [0.25, 0.3) is 0 Å². The van der Waals surface area contributed by atoms with E-state index in [0.717, 1.165) is 18.5 Å². The van der Waals surface area contributed by atoms with E-state index in [2.05, 4.69) is 4.98 Å². The summed E-state index contributed by atoms with van der Waals surface area (Å²) in [6.45, 7) is 1.40. The fourth-order valence-corrected chi connectivity index (χ4v) is 3.84. The summed E-state index contributed by atoms with van der Waals surface area (Å²) in [5, 5.41) is 0.325. The third-order valence-corrected chi connectivity index (χ3v) is 5.11. The zero-order valence-electron chi connectivity index (χ0n) is 12.9. The Bertz CT molecular complexity index is 862. The Labute approximate surface area is 143 Å². The summed E-state index contributed by atoms with van der Waals surface area (Å²) in [5.41, 5.74) is 1.86. The minimum Gasteiger partial charge on any atom is -0.348 e. The molecule has 0 saturated heterocycles. The number of aldehydes is 1. The van der Waals surface area contributed by atoms with Crippen molar-refractivity contribution in [2.75, 3.05) is 11.4 Å². The third kappa shape index (κ3) is 2.17. The van der Waals surface area contributed by atoms with Gasteiger partial charge in [0.25, 0.3) is 0 Å². The van der Waals surface area contributed by atoms with E-state index in [9.17, 15) is 14.0 Å². The molecule has 0 bridgehead atoms. The Morgan fingerprint density at radius 2 is 2.08 bits per heavy atom. The molecule has 0 atom stereocenters. The SMILES string of the molecule is O=Cc1c(Cl)ccnc1N1CCn2c(c(F)c3c2CCCC3=O)C1. The first-order chi connectivity index (χ1) is 11.6. The van der Waals surface area contributed by atoms with Crippen molar-refractivity contribution < 1.29 is 14.0 Å². The number of nitrogens with zero attached hydrogens (tertiary/aromatic N) is 3. The number of carbonyl (C=O) groups excluding carboxylic acids is 2. The van der Waals surface area contributed by atoms with Gasteiger partial charge in [0.1, 0.15) is 5.82 Å². The molecule has 0 radical (unpaired) electrons. The summed E-state index contributed by atoms with van der Waals surface area (Å²) in [5.74, 6) is -0.0839. The molecule has 2 aliphatic rings. The van der Waals surface area contributed by atoms with Gasteiger partial charge in [-0.3, -0.25) is 9.59 Å². The van der Waals surface area contributed by atoms with E-state index < -0.39 is 5.82 Å². The van der Waals surface area contributed by atoms with Gasteiger partial charge in [-0.05, 0) is 18.9 Å². The van der Waals surface area contributed by atoms with Gasteiger partial charge in [0.05, 0.1) is 28.4 Å². The van der Waals surface area contributed by atoms with E-state index in [-0.39, 0.29) is 17.9 Å². The first-order valence-electron chi connectivity index (χ1n) is 7.89. The standard InChI is InChI=1S/C17H15ClFN3O2/c18-11-4-5-20-17(10(11)9-23)21-6-7-22-12-2-1-3-14(24)15(12)16(19)13(22)8-21/h4-5,9H,1-3,6-8H2. The van der Waals surface area contributed by atoms with Crippen molar-refractivity contribution in [2.45, 2.75) is 32.4 Å². The number of carbonyl (C=O) groups is 2. The topological polar surface area (TPSA) is 55.2 Å². The zero-order valence-corrected chi connectivity index (χ0v) is 13.6. The van der Waals surface area contributed by atoms with E-state index in [0.29, 0.717) is 47.9 Å². The van der Waals surface area contributed by atoms with Crippen LogP contribution in [-0.2, 0) is 19.5 Å². The third-order valence-electron chi connectivity index (χ3n) is 4.78. The number of pyridine rings is 1. The first-order valence-corrected chi connectivity index (χ1v) is 8.27. The molecule has 0 aromatic carbocycles. The van der Waals surface area contributed by atoms with Crippen molar-refractivity contribution in [2.24, 2.45) is 0 Å². The van der Waals surface area contributed by atoms with Gasteiger partial charge in [0.15, 0.2) is 17.9 Å². The van der Waals surface area contributed by atoms with Crippen molar-refractivity contribution in [1.29, 1.82) is 0 Å². The summed E-state index contributed by atoms with van der Waals surface area (Å²) < 4.78 is 16.7. The lowest BCUT2D eigenvalue weighted by molar-refractivity contribution is 0.0967. The molecule has 0 saturated carbocycles. The molecule has 0 amide bonds. The van der Waals surface area contributed by atoms with Gasteiger partial charge in [0.2, 0.25) is 0 Å². The number of hydrogen-bond donors (Lipinski definition) is 0. The number of aromatic nitrogens is 2. The zero-order chi connectivity index (χ0) is 16.8. The Morgan fingerprint density at radius 3 is 2.88 bits per heavy atom. The van der Waals surface area contributed by atoms with Gasteiger partial charge in [-0.25, -0.2) is 9.37 Å². The van der Waals surface area contributed by atoms with Crippen LogP contribution in [0.2, 0.25) is 5.02 Å². The van der Waals surface area contributed by atoms with Crippen molar-refractivity contribution in [3.8, 4) is 0 Å². The van der Waals surface area contributed by atoms with Gasteiger partial charge in [0, 0.05) is 31.4 Å². The van der Waals surface area contributed by atoms with Crippen LogP contribution in [0.3, 0.4) is 0 Å². The summed E-state index contributed by atoms with van der Waals surface area (Å²) in [7, 11) is 0. The van der Waals surface area contributed by atoms with Gasteiger partial charge < -0.3 is 9.47 Å². The van der Waals surface area contributed by atoms with Crippen LogP contribution in [0.1, 0.15) is 44.9 Å². The maximum Gasteiger partial charge on any atom is 0.167 e. The van der Waals surface area contributed by atoms with Crippen LogP contribution in [0.4, 0.5) is 10.2 Å². The molecule has 1 aliphatic heterocycles. The molecule has 7 heteroatoms. The molecule has 0 spiro atoms. The molecule has 2 aromatic rings. The number of halogens is 2. The van der Waals surface area contributed by atoms with E-state index in [1.54, 1.807) is 6.07 Å². The molecule has 124 valence electrons. The maximum absolute atomic E-state index is 14.8. The Balaban J connectivity index is 1.77. The number of rotatable bonds is 2. The highest BCUT2D eigenvalue weighted by atomic mass is 35.5. The molecule has 2 aromatic heterocycles. The van der Waals surface area contributed by atoms with Crippen molar-refractivity contribution in [3.63, 3.8) is 0 Å². The second-order valence-corrected chi connectivity index (χ2v) is 6.49. The monoisotopic (exact) mass is 347 g/mol. The van der Waals surface area contributed by atoms with Crippen LogP contribution < -0.4 is 4.90 Å². The molecule has 0 unspecified atom stereocenters. The van der Waals surface area contributed by atoms with Gasteiger partial charge >= 0.3 is 0 Å². The highest BCUT2D eigenvalue weighted by molar-refractivity contribution is 6.33. The summed E-state index contributed by atoms with van der Waals surface area (Å²) in [4.78, 5) is 29.5. The number of anilines is 1. The van der Waals surface area contributed by atoms with Crippen molar-refractivity contribution in [1.82, 2.24) is 9.55 Å². The molecule has 1 aliphatic carbocycles. The molecule has 4 rings (SSSR count). The minimum atomic E-state index is -0.422. The highest BCUT2D eigenvalue weighted by Crippen LogP contribution is 2.33. The molecule has 3 heterocycles. The number of fused-ring (bicyclic) bond motifs is 3. The van der Waals surface area contributed by atoms with Crippen molar-refractivity contribution >= 4 is 29.5 Å². The summed E-state index contributed by atoms with van der Waals surface area (Å²) in [6, 6.07) is 1.55. The predicted octanol–water partition coefficient (Wildman–Crippen LogP) is 3.03. The van der Waals surface area contributed by atoms with Crippen LogP contribution in [0.15, 0.2) is 12.3 Å². The van der Waals surface area contributed by atoms with Crippen molar-refractivity contribution in [3.05, 3.63) is 45.6 Å². The van der Waals surface area contributed by atoms with Gasteiger partial charge in [-0.1, -0.05) is 11.6 Å². The lowest BCUT2D eigenvalue weighted by Gasteiger charge is -2.31. The number of Topliss-reactive ketones (excluding diaryl/α,β-unsaturated/α-hetero) is 1. The molecule has 0 fully saturated rings. The van der Waals surface area contributed by atoms with Crippen LogP contribution in [-0.4, -0.2) is 28.2 Å². The van der Waals surface area contributed by atoms with Gasteiger partial charge in [-0.2, -0.15) is 0 Å². The Morgan fingerprint density at radius 1 is 1.25 bits per heavy atom. The second kappa shape index (κ2) is 5.70. The molecular weight excluding hydrogens is 333 g/mol. The fraction of sp³-hybridized carbons (Fsp3) is 0.353. The average Bonchev–Trinajstić information content (AvgIpc) is 2.88. The molecule has 0 N–H and O–H groups in total. The lowest BCUT2D eigenvalue weighted by Crippen LogP contribution is -2.35. The lowest BCUT2D eigenvalue weighted by atomic mass is 9.96. The predicted molar refractivity (Wildman–Crippen MR) is 87.3 cm³/mol. The molecular formula is C17H15ClFN3O2. The fourth-order valence-electron chi connectivity index (χ4n) is 3.66. The number of hydrogen-bond acceptors (Lipinski definition) is 4. The van der Waals surface area contributed by atoms with E-state index in [1.165, 1.54) is 6.20 Å². The van der Waals surface area contributed by atoms with Crippen LogP contribution in [0.5, 0.6) is 0 Å². The first kappa shape index (κ1) is 15.3.